The molecule has 0 radical (unpaired) electrons. The van der Waals surface area contributed by atoms with Gasteiger partial charge in [0.25, 0.3) is 5.91 Å². The lowest BCUT2D eigenvalue weighted by atomic mass is 10.0. The summed E-state index contributed by atoms with van der Waals surface area (Å²) in [7, 11) is 1.64. The monoisotopic (exact) mass is 466 g/mol. The second-order valence-electron chi connectivity index (χ2n) is 8.38. The molecule has 3 rings (SSSR count). The minimum atomic E-state index is -0.661. The number of rotatable bonds is 11. The van der Waals surface area contributed by atoms with Crippen molar-refractivity contribution < 1.29 is 19.1 Å². The maximum atomic E-state index is 13.4. The van der Waals surface area contributed by atoms with E-state index < -0.39 is 6.04 Å². The third kappa shape index (κ3) is 7.97. The van der Waals surface area contributed by atoms with E-state index in [2.05, 4.69) is 10.6 Å². The molecular formula is C26H34N4O4. The Morgan fingerprint density at radius 1 is 0.941 bits per heavy atom. The molecule has 182 valence electrons. The number of methoxy groups -OCH3 is 1. The van der Waals surface area contributed by atoms with Crippen molar-refractivity contribution >= 4 is 17.7 Å². The van der Waals surface area contributed by atoms with E-state index in [9.17, 15) is 14.4 Å². The van der Waals surface area contributed by atoms with Gasteiger partial charge in [0.1, 0.15) is 6.04 Å². The van der Waals surface area contributed by atoms with Crippen molar-refractivity contribution in [2.24, 2.45) is 0 Å². The summed E-state index contributed by atoms with van der Waals surface area (Å²) in [5, 5.41) is 5.83. The SMILES string of the molecule is COCCCNC(=O)CN1CCN(C(=O)C(Cc2ccccc2)NC(=O)c2ccccc2)CC1. The third-order valence-electron chi connectivity index (χ3n) is 5.82. The van der Waals surface area contributed by atoms with Gasteiger partial charge in [-0.2, -0.15) is 0 Å². The Kier molecular flexibility index (Phi) is 10.1. The fraction of sp³-hybridized carbons (Fsp3) is 0.423. The highest BCUT2D eigenvalue weighted by molar-refractivity contribution is 5.97. The lowest BCUT2D eigenvalue weighted by Gasteiger charge is -2.36. The van der Waals surface area contributed by atoms with Crippen molar-refractivity contribution in [1.82, 2.24) is 20.4 Å². The van der Waals surface area contributed by atoms with Crippen LogP contribution < -0.4 is 10.6 Å². The van der Waals surface area contributed by atoms with Crippen LogP contribution in [0.3, 0.4) is 0 Å². The van der Waals surface area contributed by atoms with Crippen LogP contribution in [-0.2, 0) is 20.7 Å². The molecular weight excluding hydrogens is 432 g/mol. The van der Waals surface area contributed by atoms with Crippen molar-refractivity contribution in [2.45, 2.75) is 18.9 Å². The molecule has 8 nitrogen and oxygen atoms in total. The second-order valence-corrected chi connectivity index (χ2v) is 8.38. The number of ether oxygens (including phenoxy) is 1. The van der Waals surface area contributed by atoms with E-state index in [-0.39, 0.29) is 17.7 Å². The molecule has 2 aromatic rings. The summed E-state index contributed by atoms with van der Waals surface area (Å²) in [5.41, 5.74) is 1.51. The van der Waals surface area contributed by atoms with Crippen molar-refractivity contribution in [3.8, 4) is 0 Å². The normalized spacial score (nSPS) is 14.9. The van der Waals surface area contributed by atoms with Crippen molar-refractivity contribution in [2.75, 3.05) is 53.0 Å². The molecule has 34 heavy (non-hydrogen) atoms. The average molecular weight is 467 g/mol. The Labute approximate surface area is 201 Å². The molecule has 1 heterocycles. The molecule has 2 N–H and O–H groups in total. The fourth-order valence-corrected chi connectivity index (χ4v) is 3.93. The highest BCUT2D eigenvalue weighted by Gasteiger charge is 2.29. The number of nitrogens with one attached hydrogen (secondary N) is 2. The molecule has 0 aromatic heterocycles. The van der Waals surface area contributed by atoms with Crippen LogP contribution in [0.1, 0.15) is 22.3 Å². The van der Waals surface area contributed by atoms with Crippen molar-refractivity contribution in [3.63, 3.8) is 0 Å². The summed E-state index contributed by atoms with van der Waals surface area (Å²) in [6.07, 6.45) is 1.20. The van der Waals surface area contributed by atoms with Crippen LogP contribution in [0.5, 0.6) is 0 Å². The molecule has 3 amide bonds. The third-order valence-corrected chi connectivity index (χ3v) is 5.82. The van der Waals surface area contributed by atoms with E-state index in [1.165, 1.54) is 0 Å². The molecule has 2 aromatic carbocycles. The van der Waals surface area contributed by atoms with Crippen LogP contribution in [0.25, 0.3) is 0 Å². The summed E-state index contributed by atoms with van der Waals surface area (Å²) in [6.45, 7) is 3.78. The lowest BCUT2D eigenvalue weighted by Crippen LogP contribution is -2.56. The predicted octanol–water partition coefficient (Wildman–Crippen LogP) is 1.32. The predicted molar refractivity (Wildman–Crippen MR) is 130 cm³/mol. The maximum absolute atomic E-state index is 13.4. The van der Waals surface area contributed by atoms with Gasteiger partial charge in [0.05, 0.1) is 6.54 Å². The fourth-order valence-electron chi connectivity index (χ4n) is 3.93. The van der Waals surface area contributed by atoms with Gasteiger partial charge in [-0.15, -0.1) is 0 Å². The number of benzene rings is 2. The molecule has 0 spiro atoms. The summed E-state index contributed by atoms with van der Waals surface area (Å²) in [5.74, 6) is -0.386. The number of hydrogen-bond donors (Lipinski definition) is 2. The lowest BCUT2D eigenvalue weighted by molar-refractivity contribution is -0.135. The maximum Gasteiger partial charge on any atom is 0.251 e. The minimum absolute atomic E-state index is 0.0204. The Hall–Kier alpha value is -3.23. The number of nitrogens with zero attached hydrogens (tertiary/aromatic N) is 2. The molecule has 0 saturated carbocycles. The first-order chi connectivity index (χ1) is 16.6. The Bertz CT molecular complexity index is 915. The molecule has 0 bridgehead atoms. The van der Waals surface area contributed by atoms with E-state index in [0.29, 0.717) is 57.9 Å². The van der Waals surface area contributed by atoms with Crippen LogP contribution in [0.4, 0.5) is 0 Å². The molecule has 1 aliphatic heterocycles. The van der Waals surface area contributed by atoms with Crippen molar-refractivity contribution in [1.29, 1.82) is 0 Å². The molecule has 0 aliphatic carbocycles. The van der Waals surface area contributed by atoms with Crippen LogP contribution in [-0.4, -0.2) is 86.5 Å². The van der Waals surface area contributed by atoms with Gasteiger partial charge in [-0.1, -0.05) is 48.5 Å². The van der Waals surface area contributed by atoms with Gasteiger partial charge in [0, 0.05) is 58.4 Å². The first-order valence-corrected chi connectivity index (χ1v) is 11.7. The van der Waals surface area contributed by atoms with Gasteiger partial charge >= 0.3 is 0 Å². The topological polar surface area (TPSA) is 91.0 Å². The minimum Gasteiger partial charge on any atom is -0.385 e. The van der Waals surface area contributed by atoms with E-state index in [4.69, 9.17) is 4.74 Å². The number of carbonyl (C=O) groups is 3. The Morgan fingerprint density at radius 3 is 2.24 bits per heavy atom. The summed E-state index contributed by atoms with van der Waals surface area (Å²) >= 11 is 0. The van der Waals surface area contributed by atoms with E-state index in [1.54, 1.807) is 36.3 Å². The first kappa shape index (κ1) is 25.4. The molecule has 1 fully saturated rings. The van der Waals surface area contributed by atoms with Crippen LogP contribution in [0.2, 0.25) is 0 Å². The number of hydrogen-bond acceptors (Lipinski definition) is 5. The van der Waals surface area contributed by atoms with Gasteiger partial charge in [-0.25, -0.2) is 0 Å². The highest BCUT2D eigenvalue weighted by atomic mass is 16.5. The van der Waals surface area contributed by atoms with Crippen LogP contribution in [0.15, 0.2) is 60.7 Å². The van der Waals surface area contributed by atoms with Gasteiger partial charge in [-0.3, -0.25) is 19.3 Å². The summed E-state index contributed by atoms with van der Waals surface area (Å²) < 4.78 is 4.99. The van der Waals surface area contributed by atoms with E-state index in [1.807, 2.05) is 41.3 Å². The number of amides is 3. The molecule has 1 aliphatic rings. The molecule has 1 unspecified atom stereocenters. The van der Waals surface area contributed by atoms with E-state index >= 15 is 0 Å². The van der Waals surface area contributed by atoms with Gasteiger partial charge < -0.3 is 20.3 Å². The summed E-state index contributed by atoms with van der Waals surface area (Å²) in [6, 6.07) is 18.0. The Balaban J connectivity index is 1.56. The summed E-state index contributed by atoms with van der Waals surface area (Å²) in [4.78, 5) is 42.2. The van der Waals surface area contributed by atoms with Crippen LogP contribution >= 0.6 is 0 Å². The zero-order valence-electron chi connectivity index (χ0n) is 19.7. The number of piperazine rings is 1. The standard InChI is InChI=1S/C26H34N4O4/c1-34-18-8-13-27-24(31)20-29-14-16-30(17-15-29)26(33)23(19-21-9-4-2-5-10-21)28-25(32)22-11-6-3-7-12-22/h2-7,9-12,23H,8,13-20H2,1H3,(H,27,31)(H,28,32). The quantitative estimate of drug-likeness (QED) is 0.488. The van der Waals surface area contributed by atoms with Gasteiger partial charge in [0.2, 0.25) is 11.8 Å². The van der Waals surface area contributed by atoms with Gasteiger partial charge in [0.15, 0.2) is 0 Å². The zero-order chi connectivity index (χ0) is 24.2. The number of carbonyl (C=O) groups excluding carboxylic acids is 3. The zero-order valence-corrected chi connectivity index (χ0v) is 19.7. The highest BCUT2D eigenvalue weighted by Crippen LogP contribution is 2.10. The van der Waals surface area contributed by atoms with Gasteiger partial charge in [-0.05, 0) is 24.1 Å². The smallest absolute Gasteiger partial charge is 0.251 e. The van der Waals surface area contributed by atoms with Crippen LogP contribution in [0, 0.1) is 0 Å². The van der Waals surface area contributed by atoms with Crippen molar-refractivity contribution in [3.05, 3.63) is 71.8 Å². The largest absolute Gasteiger partial charge is 0.385 e. The second kappa shape index (κ2) is 13.5. The van der Waals surface area contributed by atoms with E-state index in [0.717, 1.165) is 12.0 Å². The molecule has 8 heteroatoms. The first-order valence-electron chi connectivity index (χ1n) is 11.7. The Morgan fingerprint density at radius 2 is 1.59 bits per heavy atom. The average Bonchev–Trinajstić information content (AvgIpc) is 2.87. The molecule has 1 atom stereocenters. The molecule has 1 saturated heterocycles.